The Morgan fingerprint density at radius 1 is 1.25 bits per heavy atom. The van der Waals surface area contributed by atoms with Gasteiger partial charge in [0.2, 0.25) is 17.5 Å². The van der Waals surface area contributed by atoms with E-state index in [2.05, 4.69) is 11.1 Å². The van der Waals surface area contributed by atoms with Gasteiger partial charge in [0, 0.05) is 42.2 Å². The topological polar surface area (TPSA) is 82.6 Å². The van der Waals surface area contributed by atoms with Gasteiger partial charge in [0.25, 0.3) is 5.91 Å². The largest absolute Gasteiger partial charge is 0.482 e. The maximum absolute atomic E-state index is 12.5. The molecule has 1 amide bonds. The molecule has 32 heavy (non-hydrogen) atoms. The zero-order valence-electron chi connectivity index (χ0n) is 16.8. The lowest BCUT2D eigenvalue weighted by Gasteiger charge is -2.34. The first-order chi connectivity index (χ1) is 15.5. The van der Waals surface area contributed by atoms with Gasteiger partial charge in [0.05, 0.1) is 5.02 Å². The molecule has 164 valence electrons. The molecule has 1 aliphatic rings. The number of piperazine rings is 1. The molecule has 10 heteroatoms. The highest BCUT2D eigenvalue weighted by molar-refractivity contribution is 7.10. The molecule has 4 rings (SSSR count). The Hall–Kier alpha value is -2.99. The number of halogens is 2. The minimum absolute atomic E-state index is 0.120. The Morgan fingerprint density at radius 2 is 2.06 bits per heavy atom. The average molecular weight is 489 g/mol. The lowest BCUT2D eigenvalue weighted by molar-refractivity contribution is -0.133. The Kier molecular flexibility index (Phi) is 7.00. The predicted molar refractivity (Wildman–Crippen MR) is 125 cm³/mol. The van der Waals surface area contributed by atoms with Crippen LogP contribution < -0.4 is 9.64 Å². The van der Waals surface area contributed by atoms with Crippen LogP contribution in [0, 0.1) is 11.3 Å². The van der Waals surface area contributed by atoms with E-state index in [-0.39, 0.29) is 18.2 Å². The highest BCUT2D eigenvalue weighted by Gasteiger charge is 2.26. The van der Waals surface area contributed by atoms with Gasteiger partial charge in [0.15, 0.2) is 6.61 Å². The van der Waals surface area contributed by atoms with Gasteiger partial charge in [-0.25, -0.2) is 0 Å². The fourth-order valence-corrected chi connectivity index (χ4v) is 4.29. The maximum atomic E-state index is 12.5. The van der Waals surface area contributed by atoms with Crippen molar-refractivity contribution in [1.29, 1.82) is 5.26 Å². The van der Waals surface area contributed by atoms with Crippen molar-refractivity contribution in [3.8, 4) is 11.8 Å². The van der Waals surface area contributed by atoms with Crippen molar-refractivity contribution in [3.05, 3.63) is 62.2 Å². The number of anilines is 1. The first kappa shape index (κ1) is 22.2. The smallest absolute Gasteiger partial charge is 0.260 e. The summed E-state index contributed by atoms with van der Waals surface area (Å²) in [4.78, 5) is 21.5. The van der Waals surface area contributed by atoms with Crippen molar-refractivity contribution in [2.75, 3.05) is 37.7 Å². The monoisotopic (exact) mass is 488 g/mol. The molecule has 3 heterocycles. The number of rotatable bonds is 6. The van der Waals surface area contributed by atoms with E-state index in [4.69, 9.17) is 32.4 Å². The Morgan fingerprint density at radius 3 is 2.75 bits per heavy atom. The van der Waals surface area contributed by atoms with Gasteiger partial charge in [-0.1, -0.05) is 29.3 Å². The molecular weight excluding hydrogens is 471 g/mol. The van der Waals surface area contributed by atoms with Gasteiger partial charge in [-0.2, -0.15) is 10.2 Å². The van der Waals surface area contributed by atoms with E-state index in [1.165, 1.54) is 0 Å². The van der Waals surface area contributed by atoms with Gasteiger partial charge < -0.3 is 19.0 Å². The van der Waals surface area contributed by atoms with Gasteiger partial charge in [0.1, 0.15) is 11.8 Å². The van der Waals surface area contributed by atoms with E-state index >= 15 is 0 Å². The first-order valence-electron chi connectivity index (χ1n) is 9.76. The van der Waals surface area contributed by atoms with Crippen LogP contribution in [0.25, 0.3) is 12.2 Å². The Bertz CT molecular complexity index is 1160. The molecule has 1 aromatic carbocycles. The van der Waals surface area contributed by atoms with Gasteiger partial charge in [-0.3, -0.25) is 4.79 Å². The summed E-state index contributed by atoms with van der Waals surface area (Å²) in [5, 5.41) is 12.3. The maximum Gasteiger partial charge on any atom is 0.260 e. The van der Waals surface area contributed by atoms with E-state index in [9.17, 15) is 10.1 Å². The third-order valence-corrected chi connectivity index (χ3v) is 6.20. The fourth-order valence-electron chi connectivity index (χ4n) is 3.21. The number of carbonyl (C=O) groups is 1. The second-order valence-corrected chi connectivity index (χ2v) is 8.72. The number of nitrogens with zero attached hydrogens (tertiary/aromatic N) is 4. The summed E-state index contributed by atoms with van der Waals surface area (Å²) < 4.78 is 11.4. The molecule has 7 nitrogen and oxygen atoms in total. The number of thiophene rings is 1. The van der Waals surface area contributed by atoms with Crippen molar-refractivity contribution >= 4 is 58.5 Å². The van der Waals surface area contributed by atoms with Crippen LogP contribution in [0.4, 0.5) is 5.88 Å². The minimum atomic E-state index is -0.145. The van der Waals surface area contributed by atoms with Gasteiger partial charge in [-0.15, -0.1) is 11.3 Å². The third kappa shape index (κ3) is 5.25. The summed E-state index contributed by atoms with van der Waals surface area (Å²) in [5.74, 6) is 1.06. The highest BCUT2D eigenvalue weighted by atomic mass is 35.5. The number of hydrogen-bond donors (Lipinski definition) is 0. The summed E-state index contributed by atoms with van der Waals surface area (Å²) in [5.41, 5.74) is 0.233. The third-order valence-electron chi connectivity index (χ3n) is 4.83. The second-order valence-electron chi connectivity index (χ2n) is 6.90. The molecule has 0 bridgehead atoms. The molecule has 0 N–H and O–H groups in total. The van der Waals surface area contributed by atoms with E-state index in [1.54, 1.807) is 40.5 Å². The molecular formula is C22H18Cl2N4O3S. The lowest BCUT2D eigenvalue weighted by atomic mass is 10.3. The predicted octanol–water partition coefficient (Wildman–Crippen LogP) is 4.81. The average Bonchev–Trinajstić information content (AvgIpc) is 3.46. The number of oxazole rings is 1. The molecule has 0 atom stereocenters. The number of aromatic nitrogens is 1. The number of ether oxygens (including phenoxy) is 1. The van der Waals surface area contributed by atoms with Crippen LogP contribution in [0.15, 0.2) is 40.1 Å². The van der Waals surface area contributed by atoms with Crippen molar-refractivity contribution < 1.29 is 13.9 Å². The number of nitriles is 1. The van der Waals surface area contributed by atoms with Gasteiger partial charge in [-0.05, 0) is 35.7 Å². The molecule has 0 spiro atoms. The van der Waals surface area contributed by atoms with E-state index < -0.39 is 0 Å². The summed E-state index contributed by atoms with van der Waals surface area (Å²) in [6.45, 7) is 1.87. The molecule has 2 aromatic heterocycles. The van der Waals surface area contributed by atoms with Crippen LogP contribution in [0.2, 0.25) is 10.0 Å². The molecule has 3 aromatic rings. The summed E-state index contributed by atoms with van der Waals surface area (Å²) >= 11 is 13.6. The van der Waals surface area contributed by atoms with Crippen LogP contribution in [-0.2, 0) is 4.79 Å². The quantitative estimate of drug-likeness (QED) is 0.494. The second kappa shape index (κ2) is 10.1. The zero-order valence-corrected chi connectivity index (χ0v) is 19.2. The van der Waals surface area contributed by atoms with Crippen LogP contribution in [-0.4, -0.2) is 48.6 Å². The SMILES string of the molecule is N#Cc1nc(/C=C/c2cccs2)oc1N1CCN(C(=O)COc2ccc(Cl)cc2Cl)CC1. The fraction of sp³-hybridized carbons (Fsp3) is 0.227. The van der Waals surface area contributed by atoms with E-state index in [0.29, 0.717) is 53.7 Å². The first-order valence-corrected chi connectivity index (χ1v) is 11.4. The highest BCUT2D eigenvalue weighted by Crippen LogP contribution is 2.28. The van der Waals surface area contributed by atoms with Crippen molar-refractivity contribution in [2.45, 2.75) is 0 Å². The molecule has 0 unspecified atom stereocenters. The van der Waals surface area contributed by atoms with Gasteiger partial charge >= 0.3 is 0 Å². The summed E-state index contributed by atoms with van der Waals surface area (Å²) in [7, 11) is 0. The Labute approximate surface area is 199 Å². The zero-order chi connectivity index (χ0) is 22.5. The normalized spacial score (nSPS) is 14.0. The molecule has 0 aliphatic carbocycles. The summed E-state index contributed by atoms with van der Waals surface area (Å²) in [6.07, 6.45) is 3.64. The molecule has 1 aliphatic heterocycles. The molecule has 1 saturated heterocycles. The summed E-state index contributed by atoms with van der Waals surface area (Å²) in [6, 6.07) is 10.9. The van der Waals surface area contributed by atoms with E-state index in [1.807, 2.05) is 28.5 Å². The standard InChI is InChI=1S/C22H18Cl2N4O3S/c23-15-3-5-19(17(24)12-15)30-14-21(29)27-7-9-28(10-8-27)22-18(13-25)26-20(31-22)6-4-16-2-1-11-32-16/h1-6,11-12H,7-10,14H2/b6-4+. The molecule has 0 saturated carbocycles. The van der Waals surface area contributed by atoms with Crippen molar-refractivity contribution in [3.63, 3.8) is 0 Å². The molecule has 1 fully saturated rings. The van der Waals surface area contributed by atoms with Crippen LogP contribution in [0.5, 0.6) is 5.75 Å². The van der Waals surface area contributed by atoms with E-state index in [0.717, 1.165) is 4.88 Å². The Balaban J connectivity index is 1.34. The number of carbonyl (C=O) groups excluding carboxylic acids is 1. The van der Waals surface area contributed by atoms with Crippen LogP contribution in [0.3, 0.4) is 0 Å². The lowest BCUT2D eigenvalue weighted by Crippen LogP contribution is -2.50. The van der Waals surface area contributed by atoms with Crippen molar-refractivity contribution in [1.82, 2.24) is 9.88 Å². The minimum Gasteiger partial charge on any atom is -0.482 e. The van der Waals surface area contributed by atoms with Crippen molar-refractivity contribution in [2.24, 2.45) is 0 Å². The molecule has 0 radical (unpaired) electrons. The van der Waals surface area contributed by atoms with Crippen LogP contribution in [0.1, 0.15) is 16.5 Å². The number of amides is 1. The van der Waals surface area contributed by atoms with Crippen LogP contribution >= 0.6 is 34.5 Å². The number of hydrogen-bond acceptors (Lipinski definition) is 7. The number of benzene rings is 1.